The molecule has 6 heteroatoms. The van der Waals surface area contributed by atoms with Crippen LogP contribution in [-0.4, -0.2) is 30.8 Å². The Labute approximate surface area is 155 Å². The molecule has 0 aromatic heterocycles. The molecule has 0 atom stereocenters. The van der Waals surface area contributed by atoms with Crippen LogP contribution in [-0.2, 0) is 11.3 Å². The molecule has 0 bridgehead atoms. The highest BCUT2D eigenvalue weighted by Gasteiger charge is 2.34. The Kier molecular flexibility index (Phi) is 9.08. The van der Waals surface area contributed by atoms with Crippen molar-refractivity contribution in [2.45, 2.75) is 53.5 Å². The summed E-state index contributed by atoms with van der Waals surface area (Å²) in [5, 5.41) is 13.3. The topological polar surface area (TPSA) is 67.8 Å². The quantitative estimate of drug-likeness (QED) is 0.565. The van der Waals surface area contributed by atoms with Crippen LogP contribution in [0.25, 0.3) is 0 Å². The van der Waals surface area contributed by atoms with Crippen LogP contribution in [0, 0.1) is 5.41 Å². The van der Waals surface area contributed by atoms with E-state index in [2.05, 4.69) is 5.32 Å². The van der Waals surface area contributed by atoms with Gasteiger partial charge in [-0.2, -0.15) is 0 Å². The molecule has 0 fully saturated rings. The number of nitrogens with one attached hydrogen (secondary N) is 1. The molecule has 1 aromatic rings. The Bertz CT molecular complexity index is 559. The summed E-state index contributed by atoms with van der Waals surface area (Å²) in [4.78, 5) is 11.6. The van der Waals surface area contributed by atoms with Gasteiger partial charge in [0.1, 0.15) is 0 Å². The van der Waals surface area contributed by atoms with E-state index in [1.807, 2.05) is 39.8 Å². The summed E-state index contributed by atoms with van der Waals surface area (Å²) >= 11 is 6.35. The largest absolute Gasteiger partial charge is 0.490 e. The van der Waals surface area contributed by atoms with E-state index in [1.165, 1.54) is 0 Å². The molecule has 1 rings (SSSR count). The first-order valence-electron chi connectivity index (χ1n) is 8.96. The molecule has 0 aliphatic carbocycles. The van der Waals surface area contributed by atoms with Crippen molar-refractivity contribution in [2.75, 3.05) is 19.8 Å². The smallest absolute Gasteiger partial charge is 0.310 e. The van der Waals surface area contributed by atoms with E-state index in [4.69, 9.17) is 21.1 Å². The molecular weight excluding hydrogens is 342 g/mol. The summed E-state index contributed by atoms with van der Waals surface area (Å²) in [6.45, 7) is 9.77. The van der Waals surface area contributed by atoms with Gasteiger partial charge in [0.2, 0.25) is 0 Å². The second-order valence-corrected chi connectivity index (χ2v) is 6.49. The lowest BCUT2D eigenvalue weighted by molar-refractivity contribution is -0.149. The summed E-state index contributed by atoms with van der Waals surface area (Å²) < 4.78 is 11.3. The third-order valence-electron chi connectivity index (χ3n) is 4.42. The standard InChI is InChI=1S/C19H30ClNO4/c1-5-9-25-17-15(20)10-14(11-16(17)24-8-4)12-21-13-19(6-2,7-3)18(22)23/h10-11,21H,5-9,12-13H2,1-4H3,(H,22,23). The monoisotopic (exact) mass is 371 g/mol. The molecular formula is C19H30ClNO4. The second kappa shape index (κ2) is 10.5. The van der Waals surface area contributed by atoms with E-state index in [9.17, 15) is 9.90 Å². The predicted molar refractivity (Wildman–Crippen MR) is 101 cm³/mol. The van der Waals surface area contributed by atoms with Crippen molar-refractivity contribution in [1.82, 2.24) is 5.32 Å². The molecule has 0 heterocycles. The number of benzene rings is 1. The van der Waals surface area contributed by atoms with Crippen LogP contribution in [0.2, 0.25) is 5.02 Å². The van der Waals surface area contributed by atoms with Crippen LogP contribution in [0.15, 0.2) is 12.1 Å². The first-order valence-corrected chi connectivity index (χ1v) is 9.33. The minimum Gasteiger partial charge on any atom is -0.490 e. The SMILES string of the molecule is CCCOc1c(Cl)cc(CNCC(CC)(CC)C(=O)O)cc1OCC. The highest BCUT2D eigenvalue weighted by atomic mass is 35.5. The van der Waals surface area contributed by atoms with Gasteiger partial charge in [-0.05, 0) is 43.9 Å². The third kappa shape index (κ3) is 5.79. The Morgan fingerprint density at radius 1 is 1.20 bits per heavy atom. The van der Waals surface area contributed by atoms with Crippen LogP contribution < -0.4 is 14.8 Å². The summed E-state index contributed by atoms with van der Waals surface area (Å²) in [5.74, 6) is 0.424. The molecule has 0 unspecified atom stereocenters. The number of hydrogen-bond acceptors (Lipinski definition) is 4. The molecule has 142 valence electrons. The van der Waals surface area contributed by atoms with E-state index >= 15 is 0 Å². The van der Waals surface area contributed by atoms with Crippen LogP contribution in [0.4, 0.5) is 0 Å². The minimum atomic E-state index is -0.763. The number of halogens is 1. The third-order valence-corrected chi connectivity index (χ3v) is 4.70. The van der Waals surface area contributed by atoms with Gasteiger partial charge >= 0.3 is 5.97 Å². The molecule has 0 radical (unpaired) electrons. The van der Waals surface area contributed by atoms with Crippen molar-refractivity contribution in [3.8, 4) is 11.5 Å². The Morgan fingerprint density at radius 3 is 2.40 bits per heavy atom. The number of aliphatic carboxylic acids is 1. The Hall–Kier alpha value is -1.46. The van der Waals surface area contributed by atoms with Crippen molar-refractivity contribution in [3.05, 3.63) is 22.7 Å². The molecule has 2 N–H and O–H groups in total. The van der Waals surface area contributed by atoms with Gasteiger partial charge in [-0.3, -0.25) is 4.79 Å². The number of carbonyl (C=O) groups is 1. The van der Waals surface area contributed by atoms with Crippen molar-refractivity contribution >= 4 is 17.6 Å². The lowest BCUT2D eigenvalue weighted by Crippen LogP contribution is -2.40. The average Bonchev–Trinajstić information content (AvgIpc) is 2.58. The number of hydrogen-bond donors (Lipinski definition) is 2. The summed E-state index contributed by atoms with van der Waals surface area (Å²) in [6.07, 6.45) is 2.05. The average molecular weight is 372 g/mol. The summed E-state index contributed by atoms with van der Waals surface area (Å²) in [5.41, 5.74) is 0.195. The van der Waals surface area contributed by atoms with Gasteiger partial charge in [0.25, 0.3) is 0 Å². The first kappa shape index (κ1) is 21.6. The zero-order valence-corrected chi connectivity index (χ0v) is 16.4. The van der Waals surface area contributed by atoms with Gasteiger partial charge in [-0.15, -0.1) is 0 Å². The van der Waals surface area contributed by atoms with Gasteiger partial charge in [-0.25, -0.2) is 0 Å². The fourth-order valence-electron chi connectivity index (χ4n) is 2.65. The molecule has 0 saturated heterocycles. The van der Waals surface area contributed by atoms with Gasteiger partial charge < -0.3 is 19.9 Å². The number of carboxylic acids is 1. The first-order chi connectivity index (χ1) is 11.9. The highest BCUT2D eigenvalue weighted by molar-refractivity contribution is 6.32. The van der Waals surface area contributed by atoms with Crippen LogP contribution >= 0.6 is 11.6 Å². The summed E-state index contributed by atoms with van der Waals surface area (Å²) in [6, 6.07) is 3.73. The van der Waals surface area contributed by atoms with Crippen molar-refractivity contribution in [2.24, 2.45) is 5.41 Å². The molecule has 1 aromatic carbocycles. The zero-order chi connectivity index (χ0) is 18.9. The fourth-order valence-corrected chi connectivity index (χ4v) is 2.94. The molecule has 0 amide bonds. The molecule has 0 saturated carbocycles. The van der Waals surface area contributed by atoms with Crippen molar-refractivity contribution in [3.63, 3.8) is 0 Å². The zero-order valence-electron chi connectivity index (χ0n) is 15.7. The van der Waals surface area contributed by atoms with E-state index in [0.29, 0.717) is 55.7 Å². The Balaban J connectivity index is 2.87. The van der Waals surface area contributed by atoms with Gasteiger partial charge in [0.05, 0.1) is 23.7 Å². The number of ether oxygens (including phenoxy) is 2. The molecule has 25 heavy (non-hydrogen) atoms. The number of rotatable bonds is 12. The van der Waals surface area contributed by atoms with Gasteiger partial charge in [0.15, 0.2) is 11.5 Å². The predicted octanol–water partition coefficient (Wildman–Crippen LogP) is 4.51. The maximum Gasteiger partial charge on any atom is 0.310 e. The molecule has 0 aliphatic rings. The van der Waals surface area contributed by atoms with E-state index < -0.39 is 11.4 Å². The van der Waals surface area contributed by atoms with Crippen molar-refractivity contribution < 1.29 is 19.4 Å². The molecule has 5 nitrogen and oxygen atoms in total. The molecule has 0 aliphatic heterocycles. The van der Waals surface area contributed by atoms with Crippen LogP contribution in [0.5, 0.6) is 11.5 Å². The van der Waals surface area contributed by atoms with Crippen molar-refractivity contribution in [1.29, 1.82) is 0 Å². The van der Waals surface area contributed by atoms with Gasteiger partial charge in [0, 0.05) is 13.1 Å². The normalized spacial score (nSPS) is 11.4. The summed E-state index contributed by atoms with van der Waals surface area (Å²) in [7, 11) is 0. The maximum atomic E-state index is 11.6. The van der Waals surface area contributed by atoms with E-state index in [-0.39, 0.29) is 0 Å². The van der Waals surface area contributed by atoms with Gasteiger partial charge in [-0.1, -0.05) is 32.4 Å². The number of carboxylic acid groups (broad SMARTS) is 1. The lowest BCUT2D eigenvalue weighted by Gasteiger charge is -2.27. The van der Waals surface area contributed by atoms with Crippen LogP contribution in [0.3, 0.4) is 0 Å². The van der Waals surface area contributed by atoms with E-state index in [1.54, 1.807) is 0 Å². The Morgan fingerprint density at radius 2 is 1.88 bits per heavy atom. The minimum absolute atomic E-state index is 0.408. The fraction of sp³-hybridized carbons (Fsp3) is 0.632. The second-order valence-electron chi connectivity index (χ2n) is 6.08. The van der Waals surface area contributed by atoms with Crippen LogP contribution in [0.1, 0.15) is 52.5 Å². The maximum absolute atomic E-state index is 11.6. The van der Waals surface area contributed by atoms with E-state index in [0.717, 1.165) is 12.0 Å². The lowest BCUT2D eigenvalue weighted by atomic mass is 9.82. The molecule has 0 spiro atoms. The highest BCUT2D eigenvalue weighted by Crippen LogP contribution is 2.37.